The Labute approximate surface area is 191 Å². The molecule has 0 amide bonds. The van der Waals surface area contributed by atoms with Gasteiger partial charge in [-0.2, -0.15) is 0 Å². The maximum Gasteiger partial charge on any atom is 0.335 e. The number of rotatable bonds is 4. The van der Waals surface area contributed by atoms with Gasteiger partial charge in [0.2, 0.25) is 0 Å². The fourth-order valence-corrected chi connectivity index (χ4v) is 5.47. The van der Waals surface area contributed by atoms with Crippen LogP contribution in [0.3, 0.4) is 0 Å². The van der Waals surface area contributed by atoms with Crippen molar-refractivity contribution in [2.75, 3.05) is 24.5 Å². The van der Waals surface area contributed by atoms with Crippen LogP contribution in [-0.4, -0.2) is 50.6 Å². The van der Waals surface area contributed by atoms with Gasteiger partial charge >= 0.3 is 5.97 Å². The molecule has 2 aliphatic heterocycles. The number of piperidine rings is 1. The van der Waals surface area contributed by atoms with E-state index in [0.29, 0.717) is 5.56 Å². The summed E-state index contributed by atoms with van der Waals surface area (Å²) in [7, 11) is 0. The lowest BCUT2D eigenvalue weighted by Crippen LogP contribution is -2.44. The molecule has 2 aromatic heterocycles. The zero-order valence-electron chi connectivity index (χ0n) is 18.2. The van der Waals surface area contributed by atoms with Crippen molar-refractivity contribution in [3.8, 4) is 0 Å². The molecule has 0 radical (unpaired) electrons. The summed E-state index contributed by atoms with van der Waals surface area (Å²) in [6.45, 7) is 3.78. The van der Waals surface area contributed by atoms with E-state index in [1.165, 1.54) is 11.3 Å². The minimum absolute atomic E-state index is 0.105. The Morgan fingerprint density at radius 2 is 1.82 bits per heavy atom. The lowest BCUT2D eigenvalue weighted by Gasteiger charge is -2.40. The number of H-pyrrole nitrogens is 1. The molecule has 6 rings (SSSR count). The van der Waals surface area contributed by atoms with Gasteiger partial charge in [-0.3, -0.25) is 4.90 Å². The normalized spacial score (nSPS) is 17.5. The maximum absolute atomic E-state index is 11.1. The number of hydrogen-bond acceptors (Lipinski definition) is 5. The Hall–Kier alpha value is -3.71. The Morgan fingerprint density at radius 1 is 1.03 bits per heavy atom. The molecule has 2 aliphatic rings. The molecule has 0 unspecified atom stereocenters. The van der Waals surface area contributed by atoms with E-state index in [4.69, 9.17) is 5.11 Å². The zero-order chi connectivity index (χ0) is 22.4. The highest BCUT2D eigenvalue weighted by Crippen LogP contribution is 2.50. The van der Waals surface area contributed by atoms with E-state index >= 15 is 0 Å². The highest BCUT2D eigenvalue weighted by atomic mass is 16.4. The number of likely N-dealkylation sites (tertiary alicyclic amines) is 1. The van der Waals surface area contributed by atoms with Crippen LogP contribution in [0, 0.1) is 0 Å². The number of carbonyl (C=O) groups is 1. The van der Waals surface area contributed by atoms with Gasteiger partial charge in [0, 0.05) is 30.4 Å². The van der Waals surface area contributed by atoms with Crippen molar-refractivity contribution in [1.29, 1.82) is 0 Å². The second-order valence-electron chi connectivity index (χ2n) is 9.10. The lowest BCUT2D eigenvalue weighted by molar-refractivity contribution is 0.0697. The molecule has 166 valence electrons. The third-order valence-corrected chi connectivity index (χ3v) is 7.24. The van der Waals surface area contributed by atoms with Gasteiger partial charge in [-0.25, -0.2) is 14.8 Å². The maximum atomic E-state index is 11.1. The quantitative estimate of drug-likeness (QED) is 0.492. The van der Waals surface area contributed by atoms with Crippen molar-refractivity contribution >= 4 is 28.5 Å². The van der Waals surface area contributed by atoms with Crippen molar-refractivity contribution in [1.82, 2.24) is 19.9 Å². The van der Waals surface area contributed by atoms with Crippen LogP contribution in [0.25, 0.3) is 11.0 Å². The van der Waals surface area contributed by atoms with Crippen LogP contribution in [-0.2, 0) is 12.0 Å². The molecule has 0 aliphatic carbocycles. The predicted octanol–water partition coefficient (Wildman–Crippen LogP) is 4.34. The average molecular weight is 440 g/mol. The summed E-state index contributed by atoms with van der Waals surface area (Å²) in [5.41, 5.74) is 5.12. The highest BCUT2D eigenvalue weighted by Gasteiger charge is 2.45. The third kappa shape index (κ3) is 3.36. The van der Waals surface area contributed by atoms with Crippen molar-refractivity contribution in [3.63, 3.8) is 0 Å². The van der Waals surface area contributed by atoms with Gasteiger partial charge in [0.05, 0.1) is 10.9 Å². The third-order valence-electron chi connectivity index (χ3n) is 7.24. The summed E-state index contributed by atoms with van der Waals surface area (Å²) in [5, 5.41) is 10.2. The number of anilines is 2. The number of nitrogens with one attached hydrogen (secondary N) is 1. The molecule has 0 atom stereocenters. The van der Waals surface area contributed by atoms with Crippen LogP contribution in [0.4, 0.5) is 11.5 Å². The number of carboxylic acid groups (broad SMARTS) is 1. The van der Waals surface area contributed by atoms with Gasteiger partial charge in [0.15, 0.2) is 0 Å². The first-order valence-electron chi connectivity index (χ1n) is 11.3. The van der Waals surface area contributed by atoms with E-state index in [9.17, 15) is 4.79 Å². The van der Waals surface area contributed by atoms with E-state index in [1.54, 1.807) is 18.5 Å². The molecular weight excluding hydrogens is 414 g/mol. The van der Waals surface area contributed by atoms with Crippen LogP contribution in [0.5, 0.6) is 0 Å². The largest absolute Gasteiger partial charge is 0.478 e. The molecule has 33 heavy (non-hydrogen) atoms. The monoisotopic (exact) mass is 439 g/mol. The number of benzene rings is 2. The Balaban J connectivity index is 1.24. The summed E-state index contributed by atoms with van der Waals surface area (Å²) in [6.07, 6.45) is 5.71. The van der Waals surface area contributed by atoms with Gasteiger partial charge in [0.25, 0.3) is 0 Å². The smallest absolute Gasteiger partial charge is 0.335 e. The van der Waals surface area contributed by atoms with Crippen molar-refractivity contribution in [2.24, 2.45) is 0 Å². The second-order valence-corrected chi connectivity index (χ2v) is 9.10. The van der Waals surface area contributed by atoms with Gasteiger partial charge in [0.1, 0.15) is 17.8 Å². The first kappa shape index (κ1) is 19.9. The molecule has 1 fully saturated rings. The van der Waals surface area contributed by atoms with Crippen LogP contribution < -0.4 is 4.90 Å². The molecule has 2 N–H and O–H groups in total. The zero-order valence-corrected chi connectivity index (χ0v) is 18.2. The predicted molar refractivity (Wildman–Crippen MR) is 127 cm³/mol. The summed E-state index contributed by atoms with van der Waals surface area (Å²) >= 11 is 0. The van der Waals surface area contributed by atoms with Crippen molar-refractivity contribution in [2.45, 2.75) is 24.8 Å². The first-order valence-corrected chi connectivity index (χ1v) is 11.3. The molecule has 1 saturated heterocycles. The molecule has 7 nitrogen and oxygen atoms in total. The van der Waals surface area contributed by atoms with Crippen LogP contribution in [0.15, 0.2) is 67.1 Å². The molecule has 1 spiro atoms. The number of para-hydroxylation sites is 1. The number of nitrogens with zero attached hydrogens (tertiary/aromatic N) is 4. The molecule has 0 saturated carbocycles. The summed E-state index contributed by atoms with van der Waals surface area (Å²) in [6, 6.07) is 18.0. The standard InChI is InChI=1S/C26H25N5O2/c32-25(33)19-7-5-18(6-8-19)15-30-13-10-26(11-14-30)16-31(22-4-2-1-3-21(22)26)24-20-9-12-27-23(20)28-17-29-24/h1-9,12,17H,10-11,13-16H2,(H,32,33)(H,27,28,29). The highest BCUT2D eigenvalue weighted by molar-refractivity contribution is 5.91. The van der Waals surface area contributed by atoms with E-state index in [1.807, 2.05) is 18.3 Å². The number of aromatic nitrogens is 3. The number of fused-ring (bicyclic) bond motifs is 3. The number of carboxylic acids is 1. The van der Waals surface area contributed by atoms with E-state index in [-0.39, 0.29) is 5.41 Å². The Morgan fingerprint density at radius 3 is 2.61 bits per heavy atom. The van der Waals surface area contributed by atoms with Crippen LogP contribution >= 0.6 is 0 Å². The van der Waals surface area contributed by atoms with Gasteiger partial charge in [-0.05, 0) is 61.3 Å². The SMILES string of the molecule is O=C(O)c1ccc(CN2CCC3(CC2)CN(c2ncnc4[nH]ccc24)c2ccccc23)cc1. The molecule has 2 aromatic carbocycles. The van der Waals surface area contributed by atoms with Crippen molar-refractivity contribution in [3.05, 3.63) is 83.8 Å². The fourth-order valence-electron chi connectivity index (χ4n) is 5.47. The first-order chi connectivity index (χ1) is 16.1. The van der Waals surface area contributed by atoms with Gasteiger partial charge in [-0.15, -0.1) is 0 Å². The number of aromatic amines is 1. The number of aromatic carboxylic acids is 1. The number of hydrogen-bond donors (Lipinski definition) is 2. The lowest BCUT2D eigenvalue weighted by atomic mass is 9.74. The minimum Gasteiger partial charge on any atom is -0.478 e. The average Bonchev–Trinajstić information content (AvgIpc) is 3.45. The summed E-state index contributed by atoms with van der Waals surface area (Å²) in [4.78, 5) is 28.2. The molecule has 7 heteroatoms. The topological polar surface area (TPSA) is 85.3 Å². The molecule has 0 bridgehead atoms. The van der Waals surface area contributed by atoms with E-state index < -0.39 is 5.97 Å². The Kier molecular flexibility index (Phi) is 4.66. The molecular formula is C26H25N5O2. The van der Waals surface area contributed by atoms with Crippen molar-refractivity contribution < 1.29 is 9.90 Å². The molecule has 4 aromatic rings. The van der Waals surface area contributed by atoms with Gasteiger partial charge in [-0.1, -0.05) is 30.3 Å². The molecule has 4 heterocycles. The van der Waals surface area contributed by atoms with E-state index in [0.717, 1.165) is 61.4 Å². The van der Waals surface area contributed by atoms with Gasteiger partial charge < -0.3 is 15.0 Å². The minimum atomic E-state index is -0.883. The van der Waals surface area contributed by atoms with Crippen LogP contribution in [0.2, 0.25) is 0 Å². The van der Waals surface area contributed by atoms with E-state index in [2.05, 4.69) is 55.1 Å². The Bertz CT molecular complexity index is 1320. The summed E-state index contributed by atoms with van der Waals surface area (Å²) < 4.78 is 0. The fraction of sp³-hybridized carbons (Fsp3) is 0.269. The second kappa shape index (κ2) is 7.71. The van der Waals surface area contributed by atoms with Crippen LogP contribution in [0.1, 0.15) is 34.3 Å². The summed E-state index contributed by atoms with van der Waals surface area (Å²) in [5.74, 6) is 0.0815.